The van der Waals surface area contributed by atoms with E-state index in [9.17, 15) is 13.2 Å². The molecule has 2 N–H and O–H groups in total. The molecular weight excluding hydrogens is 308 g/mol. The minimum Gasteiger partial charge on any atom is -0.376 e. The second kappa shape index (κ2) is 6.73. The lowest BCUT2D eigenvalue weighted by Gasteiger charge is -2.08. The summed E-state index contributed by atoms with van der Waals surface area (Å²) in [6.07, 6.45) is 1.15. The molecular formula is C14H16N2O3S2. The van der Waals surface area contributed by atoms with Gasteiger partial charge in [-0.05, 0) is 29.6 Å². The molecule has 0 fully saturated rings. The van der Waals surface area contributed by atoms with Gasteiger partial charge in [0, 0.05) is 16.8 Å². The number of hydrogen-bond donors (Lipinski definition) is 2. The van der Waals surface area contributed by atoms with E-state index in [-0.39, 0.29) is 17.3 Å². The van der Waals surface area contributed by atoms with Crippen LogP contribution in [0.25, 0.3) is 0 Å². The molecule has 0 atom stereocenters. The maximum Gasteiger partial charge on any atom is 0.239 e. The molecule has 0 unspecified atom stereocenters. The van der Waals surface area contributed by atoms with Crippen molar-refractivity contribution in [2.75, 3.05) is 18.1 Å². The van der Waals surface area contributed by atoms with Gasteiger partial charge in [-0.1, -0.05) is 12.1 Å². The lowest BCUT2D eigenvalue weighted by molar-refractivity contribution is -0.119. The Morgan fingerprint density at radius 2 is 2.05 bits per heavy atom. The maximum absolute atomic E-state index is 11.7. The first-order valence-corrected chi connectivity index (χ1v) is 9.05. The molecule has 5 nitrogen and oxygen atoms in total. The number of amides is 1. The number of nitrogens with one attached hydrogen (secondary N) is 2. The summed E-state index contributed by atoms with van der Waals surface area (Å²) in [5, 5.41) is 7.66. The molecule has 0 aliphatic heterocycles. The monoisotopic (exact) mass is 324 g/mol. The summed E-state index contributed by atoms with van der Waals surface area (Å²) in [6, 6.07) is 10.3. The van der Waals surface area contributed by atoms with E-state index in [2.05, 4.69) is 10.6 Å². The van der Waals surface area contributed by atoms with Crippen LogP contribution in [-0.2, 0) is 21.2 Å². The zero-order valence-electron chi connectivity index (χ0n) is 11.5. The Morgan fingerprint density at radius 1 is 1.24 bits per heavy atom. The average Bonchev–Trinajstić information content (AvgIpc) is 2.95. The lowest BCUT2D eigenvalue weighted by Crippen LogP contribution is -2.29. The molecule has 0 aliphatic rings. The predicted molar refractivity (Wildman–Crippen MR) is 84.2 cm³/mol. The van der Waals surface area contributed by atoms with Crippen molar-refractivity contribution in [3.8, 4) is 0 Å². The van der Waals surface area contributed by atoms with Gasteiger partial charge in [-0.25, -0.2) is 8.42 Å². The minimum absolute atomic E-state index is 0.0958. The third-order valence-electron chi connectivity index (χ3n) is 2.76. The van der Waals surface area contributed by atoms with Gasteiger partial charge < -0.3 is 10.6 Å². The van der Waals surface area contributed by atoms with Gasteiger partial charge in [0.15, 0.2) is 9.84 Å². The van der Waals surface area contributed by atoms with Crippen LogP contribution in [0.1, 0.15) is 4.88 Å². The fraction of sp³-hybridized carbons (Fsp3) is 0.214. The van der Waals surface area contributed by atoms with Gasteiger partial charge in [0.2, 0.25) is 5.91 Å². The van der Waals surface area contributed by atoms with E-state index in [0.717, 1.165) is 11.1 Å². The van der Waals surface area contributed by atoms with Gasteiger partial charge in [0.05, 0.1) is 18.0 Å². The van der Waals surface area contributed by atoms with Gasteiger partial charge in [-0.15, -0.1) is 11.3 Å². The highest BCUT2D eigenvalue weighted by molar-refractivity contribution is 7.90. The van der Waals surface area contributed by atoms with Crippen molar-refractivity contribution in [2.24, 2.45) is 0 Å². The largest absolute Gasteiger partial charge is 0.376 e. The van der Waals surface area contributed by atoms with E-state index in [0.29, 0.717) is 12.2 Å². The molecule has 2 aromatic rings. The van der Waals surface area contributed by atoms with Crippen molar-refractivity contribution in [2.45, 2.75) is 11.4 Å². The van der Waals surface area contributed by atoms with E-state index in [4.69, 9.17) is 0 Å². The Labute approximate surface area is 127 Å². The van der Waals surface area contributed by atoms with E-state index in [1.54, 1.807) is 23.5 Å². The Balaban J connectivity index is 1.86. The fourth-order valence-electron chi connectivity index (χ4n) is 1.68. The van der Waals surface area contributed by atoms with Crippen molar-refractivity contribution >= 4 is 32.8 Å². The first-order chi connectivity index (χ1) is 9.95. The smallest absolute Gasteiger partial charge is 0.239 e. The van der Waals surface area contributed by atoms with Crippen molar-refractivity contribution in [3.63, 3.8) is 0 Å². The molecule has 0 spiro atoms. The van der Waals surface area contributed by atoms with E-state index >= 15 is 0 Å². The van der Waals surface area contributed by atoms with Crippen LogP contribution < -0.4 is 10.6 Å². The number of thiophene rings is 1. The third-order valence-corrected chi connectivity index (χ3v) is 4.74. The molecule has 112 valence electrons. The standard InChI is InChI=1S/C14H16N2O3S2/c1-21(18,19)13-6-2-4-11(8-13)15-10-14(17)16-9-12-5-3-7-20-12/h2-8,15H,9-10H2,1H3,(H,16,17). The fourth-order valence-corrected chi connectivity index (χ4v) is 2.99. The van der Waals surface area contributed by atoms with Crippen LogP contribution in [0.5, 0.6) is 0 Å². The normalized spacial score (nSPS) is 11.1. The van der Waals surface area contributed by atoms with Crippen LogP contribution in [0.3, 0.4) is 0 Å². The zero-order chi connectivity index (χ0) is 15.3. The molecule has 0 saturated carbocycles. The third kappa shape index (κ3) is 4.87. The maximum atomic E-state index is 11.7. The molecule has 7 heteroatoms. The summed E-state index contributed by atoms with van der Waals surface area (Å²) in [5.74, 6) is -0.145. The van der Waals surface area contributed by atoms with Crippen LogP contribution in [0.15, 0.2) is 46.7 Å². The molecule has 0 saturated heterocycles. The van der Waals surface area contributed by atoms with Crippen LogP contribution in [0.2, 0.25) is 0 Å². The number of rotatable bonds is 6. The highest BCUT2D eigenvalue weighted by Crippen LogP contribution is 2.14. The number of anilines is 1. The zero-order valence-corrected chi connectivity index (χ0v) is 13.1. The van der Waals surface area contributed by atoms with Gasteiger partial charge in [-0.3, -0.25) is 4.79 Å². The second-order valence-electron chi connectivity index (χ2n) is 4.51. The summed E-state index contributed by atoms with van der Waals surface area (Å²) in [5.41, 5.74) is 0.601. The number of sulfone groups is 1. The lowest BCUT2D eigenvalue weighted by atomic mass is 10.3. The highest BCUT2D eigenvalue weighted by Gasteiger charge is 2.08. The van der Waals surface area contributed by atoms with Gasteiger partial charge in [0.25, 0.3) is 0 Å². The van der Waals surface area contributed by atoms with Crippen LogP contribution in [0.4, 0.5) is 5.69 Å². The van der Waals surface area contributed by atoms with Crippen molar-refractivity contribution in [1.29, 1.82) is 0 Å². The van der Waals surface area contributed by atoms with E-state index in [1.165, 1.54) is 12.1 Å². The molecule has 1 heterocycles. The summed E-state index contributed by atoms with van der Waals surface area (Å²) in [7, 11) is -3.24. The quantitative estimate of drug-likeness (QED) is 0.851. The summed E-state index contributed by atoms with van der Waals surface area (Å²) >= 11 is 1.58. The second-order valence-corrected chi connectivity index (χ2v) is 7.56. The molecule has 1 amide bonds. The highest BCUT2D eigenvalue weighted by atomic mass is 32.2. The molecule has 0 bridgehead atoms. The molecule has 21 heavy (non-hydrogen) atoms. The number of carbonyl (C=O) groups is 1. The number of carbonyl (C=O) groups excluding carboxylic acids is 1. The Kier molecular flexibility index (Phi) is 4.98. The molecule has 0 radical (unpaired) electrons. The SMILES string of the molecule is CS(=O)(=O)c1cccc(NCC(=O)NCc2cccs2)c1. The molecule has 2 rings (SSSR count). The summed E-state index contributed by atoms with van der Waals surface area (Å²) in [4.78, 5) is 13.0. The van der Waals surface area contributed by atoms with Crippen LogP contribution in [0, 0.1) is 0 Å². The summed E-state index contributed by atoms with van der Waals surface area (Å²) < 4.78 is 22.9. The van der Waals surface area contributed by atoms with E-state index in [1.807, 2.05) is 17.5 Å². The van der Waals surface area contributed by atoms with Gasteiger partial charge in [-0.2, -0.15) is 0 Å². The van der Waals surface area contributed by atoms with Crippen molar-refractivity contribution < 1.29 is 13.2 Å². The van der Waals surface area contributed by atoms with E-state index < -0.39 is 9.84 Å². The Hall–Kier alpha value is -1.86. The minimum atomic E-state index is -3.24. The van der Waals surface area contributed by atoms with Crippen LogP contribution in [-0.4, -0.2) is 27.1 Å². The van der Waals surface area contributed by atoms with Crippen molar-refractivity contribution in [3.05, 3.63) is 46.7 Å². The van der Waals surface area contributed by atoms with Gasteiger partial charge in [0.1, 0.15) is 0 Å². The van der Waals surface area contributed by atoms with Gasteiger partial charge >= 0.3 is 0 Å². The van der Waals surface area contributed by atoms with Crippen LogP contribution >= 0.6 is 11.3 Å². The molecule has 0 aliphatic carbocycles. The van der Waals surface area contributed by atoms with Crippen molar-refractivity contribution in [1.82, 2.24) is 5.32 Å². The molecule has 1 aromatic heterocycles. The number of hydrogen-bond acceptors (Lipinski definition) is 5. The Bertz CT molecular complexity index is 710. The Morgan fingerprint density at radius 3 is 2.71 bits per heavy atom. The molecule has 1 aromatic carbocycles. The average molecular weight is 324 g/mol. The number of benzene rings is 1. The predicted octanol–water partition coefficient (Wildman–Crippen LogP) is 1.88. The first-order valence-electron chi connectivity index (χ1n) is 6.28. The first kappa shape index (κ1) is 15.5. The summed E-state index contributed by atoms with van der Waals surface area (Å²) in [6.45, 7) is 0.597. The topological polar surface area (TPSA) is 75.3 Å².